The van der Waals surface area contributed by atoms with Gasteiger partial charge in [-0.05, 0) is 52.5 Å². The second-order valence-corrected chi connectivity index (χ2v) is 6.89. The van der Waals surface area contributed by atoms with Crippen molar-refractivity contribution in [3.05, 3.63) is 52.1 Å². The quantitative estimate of drug-likeness (QED) is 0.897. The van der Waals surface area contributed by atoms with Crippen molar-refractivity contribution in [3.63, 3.8) is 0 Å². The van der Waals surface area contributed by atoms with E-state index in [0.29, 0.717) is 5.82 Å². The maximum Gasteiger partial charge on any atom is 0.239 e. The van der Waals surface area contributed by atoms with Gasteiger partial charge in [0.05, 0.1) is 5.25 Å². The van der Waals surface area contributed by atoms with Gasteiger partial charge in [-0.3, -0.25) is 4.79 Å². The Kier molecular flexibility index (Phi) is 3.81. The lowest BCUT2D eigenvalue weighted by Gasteiger charge is -2.11. The third kappa shape index (κ3) is 2.74. The first-order valence-electron chi connectivity index (χ1n) is 6.31. The zero-order chi connectivity index (χ0) is 14.1. The van der Waals surface area contributed by atoms with Crippen LogP contribution in [0.15, 0.2) is 45.9 Å². The second-order valence-electron chi connectivity index (χ2n) is 4.73. The number of nitrogens with one attached hydrogen (secondary N) is 1. The number of hydrogen-bond acceptors (Lipinski definition) is 3. The Morgan fingerprint density at radius 3 is 3.00 bits per heavy atom. The van der Waals surface area contributed by atoms with E-state index in [0.717, 1.165) is 16.5 Å². The lowest BCUT2D eigenvalue weighted by atomic mass is 10.1. The number of amides is 1. The van der Waals surface area contributed by atoms with Crippen LogP contribution in [0.3, 0.4) is 0 Å². The largest absolute Gasteiger partial charge is 0.309 e. The van der Waals surface area contributed by atoms with Crippen LogP contribution in [-0.2, 0) is 11.2 Å². The minimum Gasteiger partial charge on any atom is -0.309 e. The van der Waals surface area contributed by atoms with E-state index in [1.165, 1.54) is 10.5 Å². The first-order valence-corrected chi connectivity index (χ1v) is 7.98. The molecule has 0 bridgehead atoms. The number of benzene rings is 1. The summed E-state index contributed by atoms with van der Waals surface area (Å²) in [7, 11) is 0. The number of carbonyl (C=O) groups excluding carboxylic acids is 1. The lowest BCUT2D eigenvalue weighted by Crippen LogP contribution is -2.25. The van der Waals surface area contributed by atoms with E-state index in [1.54, 1.807) is 18.0 Å². The number of fused-ring (bicyclic) bond motifs is 1. The van der Waals surface area contributed by atoms with Crippen LogP contribution < -0.4 is 5.32 Å². The van der Waals surface area contributed by atoms with Gasteiger partial charge in [0.1, 0.15) is 5.82 Å². The van der Waals surface area contributed by atoms with Crippen molar-refractivity contribution in [2.75, 3.05) is 5.32 Å². The summed E-state index contributed by atoms with van der Waals surface area (Å²) in [6.07, 6.45) is 2.47. The molecular formula is C15H13BrN2OS. The average Bonchev–Trinajstić information content (AvgIpc) is 2.86. The minimum absolute atomic E-state index is 0.0177. The van der Waals surface area contributed by atoms with Gasteiger partial charge in [0.2, 0.25) is 5.91 Å². The molecule has 3 nitrogen and oxygen atoms in total. The van der Waals surface area contributed by atoms with Crippen molar-refractivity contribution in [1.29, 1.82) is 0 Å². The van der Waals surface area contributed by atoms with E-state index in [1.807, 2.05) is 25.1 Å². The Labute approximate surface area is 130 Å². The van der Waals surface area contributed by atoms with Crippen LogP contribution in [0.4, 0.5) is 5.82 Å². The summed E-state index contributed by atoms with van der Waals surface area (Å²) in [5.74, 6) is 0.652. The fourth-order valence-electron chi connectivity index (χ4n) is 2.20. The molecule has 1 aromatic carbocycles. The first-order chi connectivity index (χ1) is 9.63. The maximum absolute atomic E-state index is 12.3. The molecule has 2 heterocycles. The molecule has 3 rings (SSSR count). The van der Waals surface area contributed by atoms with Crippen LogP contribution in [0.1, 0.15) is 11.1 Å². The van der Waals surface area contributed by atoms with Gasteiger partial charge in [0, 0.05) is 15.6 Å². The number of pyridine rings is 1. The van der Waals surface area contributed by atoms with Gasteiger partial charge in [0.15, 0.2) is 0 Å². The molecule has 2 aromatic rings. The molecule has 1 N–H and O–H groups in total. The number of rotatable bonds is 2. The summed E-state index contributed by atoms with van der Waals surface area (Å²) in [4.78, 5) is 17.8. The highest BCUT2D eigenvalue weighted by molar-refractivity contribution is 9.10. The highest BCUT2D eigenvalue weighted by atomic mass is 79.9. The first kappa shape index (κ1) is 13.6. The van der Waals surface area contributed by atoms with Gasteiger partial charge in [0.25, 0.3) is 0 Å². The smallest absolute Gasteiger partial charge is 0.239 e. The number of hydrogen-bond donors (Lipinski definition) is 1. The molecule has 1 amide bonds. The molecule has 5 heteroatoms. The van der Waals surface area contributed by atoms with Crippen molar-refractivity contribution in [3.8, 4) is 0 Å². The number of anilines is 1. The average molecular weight is 349 g/mol. The van der Waals surface area contributed by atoms with Crippen LogP contribution in [0.5, 0.6) is 0 Å². The molecule has 1 aliphatic heterocycles. The van der Waals surface area contributed by atoms with E-state index in [2.05, 4.69) is 38.4 Å². The van der Waals surface area contributed by atoms with Crippen LogP contribution in [0, 0.1) is 6.92 Å². The van der Waals surface area contributed by atoms with Crippen LogP contribution in [-0.4, -0.2) is 16.1 Å². The van der Waals surface area contributed by atoms with Gasteiger partial charge in [-0.2, -0.15) is 0 Å². The van der Waals surface area contributed by atoms with Crippen molar-refractivity contribution >= 4 is 39.4 Å². The summed E-state index contributed by atoms with van der Waals surface area (Å²) in [6, 6.07) is 10.1. The molecule has 1 aliphatic rings. The summed E-state index contributed by atoms with van der Waals surface area (Å²) in [6.45, 7) is 1.93. The minimum atomic E-state index is -0.0720. The molecule has 1 unspecified atom stereocenters. The van der Waals surface area contributed by atoms with E-state index in [9.17, 15) is 4.79 Å². The predicted octanol–water partition coefficient (Wildman–Crippen LogP) is 3.81. The van der Waals surface area contributed by atoms with E-state index >= 15 is 0 Å². The SMILES string of the molecule is Cc1cc(Br)cnc1NC(=O)C1Cc2ccccc2S1. The highest BCUT2D eigenvalue weighted by Crippen LogP contribution is 2.37. The summed E-state index contributed by atoms with van der Waals surface area (Å²) in [5, 5.41) is 2.85. The van der Waals surface area contributed by atoms with Crippen LogP contribution in [0.2, 0.25) is 0 Å². The Balaban J connectivity index is 1.72. The zero-order valence-corrected chi connectivity index (χ0v) is 13.3. The van der Waals surface area contributed by atoms with Gasteiger partial charge in [-0.15, -0.1) is 11.8 Å². The molecule has 0 saturated carbocycles. The standard InChI is InChI=1S/C15H13BrN2OS/c1-9-6-11(16)8-17-14(9)18-15(19)13-7-10-4-2-3-5-12(10)20-13/h2-6,8,13H,7H2,1H3,(H,17,18,19). The van der Waals surface area contributed by atoms with Crippen molar-refractivity contribution in [1.82, 2.24) is 4.98 Å². The molecule has 0 fully saturated rings. The Morgan fingerprint density at radius 2 is 2.25 bits per heavy atom. The van der Waals surface area contributed by atoms with Crippen molar-refractivity contribution < 1.29 is 4.79 Å². The monoisotopic (exact) mass is 348 g/mol. The van der Waals surface area contributed by atoms with Crippen molar-refractivity contribution in [2.45, 2.75) is 23.5 Å². The zero-order valence-electron chi connectivity index (χ0n) is 10.9. The van der Waals surface area contributed by atoms with Gasteiger partial charge < -0.3 is 5.32 Å². The molecule has 20 heavy (non-hydrogen) atoms. The maximum atomic E-state index is 12.3. The van der Waals surface area contributed by atoms with E-state index in [-0.39, 0.29) is 11.2 Å². The fourth-order valence-corrected chi connectivity index (χ4v) is 3.84. The molecule has 0 spiro atoms. The van der Waals surface area contributed by atoms with E-state index in [4.69, 9.17) is 0 Å². The summed E-state index contributed by atoms with van der Waals surface area (Å²) in [5.41, 5.74) is 2.20. The molecule has 1 atom stereocenters. The van der Waals surface area contributed by atoms with Gasteiger partial charge in [-0.25, -0.2) is 4.98 Å². The molecule has 0 saturated heterocycles. The summed E-state index contributed by atoms with van der Waals surface area (Å²) < 4.78 is 0.913. The second kappa shape index (κ2) is 5.58. The third-order valence-corrected chi connectivity index (χ3v) is 4.98. The Morgan fingerprint density at radius 1 is 1.45 bits per heavy atom. The molecule has 0 aliphatic carbocycles. The van der Waals surface area contributed by atoms with Crippen LogP contribution >= 0.6 is 27.7 Å². The number of carbonyl (C=O) groups is 1. The topological polar surface area (TPSA) is 42.0 Å². The van der Waals surface area contributed by atoms with Gasteiger partial charge in [-0.1, -0.05) is 18.2 Å². The number of aryl methyl sites for hydroxylation is 1. The van der Waals surface area contributed by atoms with Crippen molar-refractivity contribution in [2.24, 2.45) is 0 Å². The number of aromatic nitrogens is 1. The van der Waals surface area contributed by atoms with Crippen LogP contribution in [0.25, 0.3) is 0 Å². The lowest BCUT2D eigenvalue weighted by molar-refractivity contribution is -0.115. The van der Waals surface area contributed by atoms with Gasteiger partial charge >= 0.3 is 0 Å². The predicted molar refractivity (Wildman–Crippen MR) is 85.1 cm³/mol. The third-order valence-electron chi connectivity index (χ3n) is 3.23. The van der Waals surface area contributed by atoms with E-state index < -0.39 is 0 Å². The number of nitrogens with zero attached hydrogens (tertiary/aromatic N) is 1. The highest BCUT2D eigenvalue weighted by Gasteiger charge is 2.28. The molecule has 0 radical (unpaired) electrons. The number of halogens is 1. The fraction of sp³-hybridized carbons (Fsp3) is 0.200. The summed E-state index contributed by atoms with van der Waals surface area (Å²) >= 11 is 4.99. The number of thioether (sulfide) groups is 1. The molecule has 1 aromatic heterocycles. The molecule has 102 valence electrons. The molecular weight excluding hydrogens is 336 g/mol. The Bertz CT molecular complexity index is 650. The Hall–Kier alpha value is -1.33. The normalized spacial score (nSPS) is 16.8.